The highest BCUT2D eigenvalue weighted by molar-refractivity contribution is 7.99. The summed E-state index contributed by atoms with van der Waals surface area (Å²) in [5.41, 5.74) is 4.37. The maximum absolute atomic E-state index is 13.5. The molecule has 35 heavy (non-hydrogen) atoms. The molecule has 3 aromatic carbocycles. The van der Waals surface area contributed by atoms with Gasteiger partial charge in [0.15, 0.2) is 11.0 Å². The number of benzene rings is 3. The first-order valence-corrected chi connectivity index (χ1v) is 12.4. The number of carbonyl (C=O) groups is 2. The van der Waals surface area contributed by atoms with Crippen LogP contribution in [0.15, 0.2) is 84.0 Å². The lowest BCUT2D eigenvalue weighted by atomic mass is 10.1. The van der Waals surface area contributed by atoms with Crippen LogP contribution in [-0.4, -0.2) is 38.4 Å². The van der Waals surface area contributed by atoms with Gasteiger partial charge in [-0.2, -0.15) is 0 Å². The first-order valence-electron chi connectivity index (χ1n) is 11.4. The fraction of sp³-hybridized carbons (Fsp3) is 0.185. The Bertz CT molecular complexity index is 1390. The van der Waals surface area contributed by atoms with Crippen molar-refractivity contribution in [2.45, 2.75) is 31.5 Å². The lowest BCUT2D eigenvalue weighted by Crippen LogP contribution is -2.40. The van der Waals surface area contributed by atoms with E-state index in [0.29, 0.717) is 16.5 Å². The highest BCUT2D eigenvalue weighted by atomic mass is 32.2. The zero-order valence-corrected chi connectivity index (χ0v) is 20.3. The molecule has 4 aromatic rings. The number of anilines is 2. The molecule has 1 aliphatic heterocycles. The van der Waals surface area contributed by atoms with Crippen LogP contribution < -0.4 is 10.2 Å². The van der Waals surface area contributed by atoms with E-state index >= 15 is 0 Å². The average Bonchev–Trinajstić information content (AvgIpc) is 3.23. The third-order valence-corrected chi connectivity index (χ3v) is 6.79. The van der Waals surface area contributed by atoms with Crippen molar-refractivity contribution in [3.63, 3.8) is 0 Å². The molecule has 0 fully saturated rings. The van der Waals surface area contributed by atoms with Gasteiger partial charge in [-0.25, -0.2) is 0 Å². The topological polar surface area (TPSA) is 80.1 Å². The van der Waals surface area contributed by atoms with Crippen molar-refractivity contribution in [2.24, 2.45) is 0 Å². The summed E-state index contributed by atoms with van der Waals surface area (Å²) in [7, 11) is 0. The lowest BCUT2D eigenvalue weighted by Gasteiger charge is -2.27. The Labute approximate surface area is 208 Å². The second kappa shape index (κ2) is 9.76. The zero-order chi connectivity index (χ0) is 24.4. The standard InChI is InChI=1S/C27H25N5O2S/c1-18-9-8-10-20(15-18)26-29-30-27(32(26)21-11-4-3-5-12-21)35-17-25(34)31-19(2)16-24(33)28-22-13-6-7-14-23(22)31/h3-15,19H,16-17H2,1-2H3,(H,28,33)/t19-/m1/s1. The highest BCUT2D eigenvalue weighted by Crippen LogP contribution is 2.33. The van der Waals surface area contributed by atoms with Gasteiger partial charge in [0.1, 0.15) is 0 Å². The van der Waals surface area contributed by atoms with E-state index in [1.807, 2.05) is 91.2 Å². The van der Waals surface area contributed by atoms with Crippen LogP contribution in [-0.2, 0) is 9.59 Å². The summed E-state index contributed by atoms with van der Waals surface area (Å²) in [4.78, 5) is 27.5. The smallest absolute Gasteiger partial charge is 0.237 e. The number of carbonyl (C=O) groups excluding carboxylic acids is 2. The van der Waals surface area contributed by atoms with Gasteiger partial charge in [0.05, 0.1) is 17.1 Å². The average molecular weight is 484 g/mol. The SMILES string of the molecule is Cc1cccc(-c2nnc(SCC(=O)N3c4ccccc4NC(=O)C[C@H]3C)n2-c2ccccc2)c1. The Hall–Kier alpha value is -3.91. The Morgan fingerprint density at radius 2 is 1.80 bits per heavy atom. The second-order valence-electron chi connectivity index (χ2n) is 8.52. The van der Waals surface area contributed by atoms with Gasteiger partial charge in [-0.1, -0.05) is 65.9 Å². The molecule has 1 aliphatic rings. The summed E-state index contributed by atoms with van der Waals surface area (Å²) >= 11 is 1.34. The van der Waals surface area contributed by atoms with Crippen LogP contribution in [0.1, 0.15) is 18.9 Å². The molecule has 2 heterocycles. The second-order valence-corrected chi connectivity index (χ2v) is 9.46. The number of aryl methyl sites for hydroxylation is 1. The van der Waals surface area contributed by atoms with Gasteiger partial charge < -0.3 is 10.2 Å². The Morgan fingerprint density at radius 1 is 1.03 bits per heavy atom. The molecular formula is C27H25N5O2S. The molecule has 176 valence electrons. The number of nitrogens with one attached hydrogen (secondary N) is 1. The third kappa shape index (κ3) is 4.70. The quantitative estimate of drug-likeness (QED) is 0.400. The maximum atomic E-state index is 13.5. The molecule has 5 rings (SSSR count). The molecule has 8 heteroatoms. The fourth-order valence-electron chi connectivity index (χ4n) is 4.31. The summed E-state index contributed by atoms with van der Waals surface area (Å²) in [6.45, 7) is 3.94. The van der Waals surface area contributed by atoms with E-state index in [1.54, 1.807) is 4.90 Å². The van der Waals surface area contributed by atoms with Crippen molar-refractivity contribution in [2.75, 3.05) is 16.0 Å². The van der Waals surface area contributed by atoms with Gasteiger partial charge in [0.25, 0.3) is 0 Å². The minimum atomic E-state index is -0.262. The lowest BCUT2D eigenvalue weighted by molar-refractivity contribution is -0.117. The van der Waals surface area contributed by atoms with Crippen molar-refractivity contribution in [3.8, 4) is 17.1 Å². The van der Waals surface area contributed by atoms with E-state index in [1.165, 1.54) is 11.8 Å². The number of para-hydroxylation sites is 3. The molecular weight excluding hydrogens is 458 g/mol. The molecule has 0 radical (unpaired) electrons. The van der Waals surface area contributed by atoms with Gasteiger partial charge in [0, 0.05) is 23.7 Å². The summed E-state index contributed by atoms with van der Waals surface area (Å²) in [6.07, 6.45) is 0.239. The normalized spacial score (nSPS) is 15.3. The molecule has 0 unspecified atom stereocenters. The Balaban J connectivity index is 1.46. The molecule has 1 N–H and O–H groups in total. The molecule has 0 saturated carbocycles. The minimum absolute atomic E-state index is 0.0915. The number of thioether (sulfide) groups is 1. The number of hydrogen-bond donors (Lipinski definition) is 1. The van der Waals surface area contributed by atoms with E-state index < -0.39 is 0 Å². The van der Waals surface area contributed by atoms with Crippen LogP contribution >= 0.6 is 11.8 Å². The van der Waals surface area contributed by atoms with Crippen molar-refractivity contribution in [1.29, 1.82) is 0 Å². The van der Waals surface area contributed by atoms with E-state index in [2.05, 4.69) is 21.6 Å². The van der Waals surface area contributed by atoms with Gasteiger partial charge >= 0.3 is 0 Å². The Morgan fingerprint density at radius 3 is 2.60 bits per heavy atom. The van der Waals surface area contributed by atoms with Crippen molar-refractivity contribution >= 4 is 35.0 Å². The largest absolute Gasteiger partial charge is 0.324 e. The molecule has 0 bridgehead atoms. The number of amides is 2. The van der Waals surface area contributed by atoms with Crippen LogP contribution in [0.5, 0.6) is 0 Å². The molecule has 0 saturated heterocycles. The van der Waals surface area contributed by atoms with E-state index in [9.17, 15) is 9.59 Å². The van der Waals surface area contributed by atoms with Gasteiger partial charge in [-0.3, -0.25) is 14.2 Å². The molecule has 7 nitrogen and oxygen atoms in total. The van der Waals surface area contributed by atoms with Gasteiger partial charge in [-0.05, 0) is 44.2 Å². The van der Waals surface area contributed by atoms with Crippen molar-refractivity contribution < 1.29 is 9.59 Å². The van der Waals surface area contributed by atoms with Crippen LogP contribution in [0.4, 0.5) is 11.4 Å². The number of nitrogens with zero attached hydrogens (tertiary/aromatic N) is 4. The van der Waals surface area contributed by atoms with Crippen LogP contribution in [0.2, 0.25) is 0 Å². The summed E-state index contributed by atoms with van der Waals surface area (Å²) in [6, 6.07) is 25.2. The van der Waals surface area contributed by atoms with Gasteiger partial charge in [-0.15, -0.1) is 10.2 Å². The van der Waals surface area contributed by atoms with Gasteiger partial charge in [0.2, 0.25) is 11.8 Å². The van der Waals surface area contributed by atoms with Crippen molar-refractivity contribution in [3.05, 3.63) is 84.4 Å². The van der Waals surface area contributed by atoms with Crippen LogP contribution in [0.25, 0.3) is 17.1 Å². The highest BCUT2D eigenvalue weighted by Gasteiger charge is 2.30. The van der Waals surface area contributed by atoms with Crippen molar-refractivity contribution in [1.82, 2.24) is 14.8 Å². The van der Waals surface area contributed by atoms with Crippen LogP contribution in [0.3, 0.4) is 0 Å². The number of aromatic nitrogens is 3. The third-order valence-electron chi connectivity index (χ3n) is 5.88. The van der Waals surface area contributed by atoms with Crippen LogP contribution in [0, 0.1) is 6.92 Å². The Kier molecular flexibility index (Phi) is 6.37. The molecule has 1 aromatic heterocycles. The molecule has 0 aliphatic carbocycles. The molecule has 0 spiro atoms. The number of fused-ring (bicyclic) bond motifs is 1. The first kappa shape index (κ1) is 22.9. The maximum Gasteiger partial charge on any atom is 0.237 e. The monoisotopic (exact) mass is 483 g/mol. The van der Waals surface area contributed by atoms with E-state index in [-0.39, 0.29) is 30.0 Å². The predicted octanol–water partition coefficient (Wildman–Crippen LogP) is 5.10. The van der Waals surface area contributed by atoms with E-state index in [4.69, 9.17) is 0 Å². The predicted molar refractivity (Wildman–Crippen MR) is 139 cm³/mol. The fourth-order valence-corrected chi connectivity index (χ4v) is 5.12. The van der Waals surface area contributed by atoms with E-state index in [0.717, 1.165) is 22.6 Å². The summed E-state index contributed by atoms with van der Waals surface area (Å²) < 4.78 is 1.98. The molecule has 2 amide bonds. The minimum Gasteiger partial charge on any atom is -0.324 e. The number of hydrogen-bond acceptors (Lipinski definition) is 5. The summed E-state index contributed by atoms with van der Waals surface area (Å²) in [5.74, 6) is 0.690. The zero-order valence-electron chi connectivity index (χ0n) is 19.5. The number of rotatable bonds is 5. The molecule has 1 atom stereocenters. The summed E-state index contributed by atoms with van der Waals surface area (Å²) in [5, 5.41) is 12.5. The first-order chi connectivity index (χ1) is 17.0.